The lowest BCUT2D eigenvalue weighted by Gasteiger charge is -2.68. The van der Waals surface area contributed by atoms with Gasteiger partial charge in [0.25, 0.3) is 0 Å². The van der Waals surface area contributed by atoms with Crippen LogP contribution in [0.3, 0.4) is 0 Å². The molecule has 53 heavy (non-hydrogen) atoms. The molecule has 2 heterocycles. The lowest BCUT2D eigenvalue weighted by Crippen LogP contribution is -2.80. The van der Waals surface area contributed by atoms with Crippen molar-refractivity contribution in [1.82, 2.24) is 0 Å². The van der Waals surface area contributed by atoms with Crippen LogP contribution in [0.5, 0.6) is 0 Å². The zero-order valence-electron chi connectivity index (χ0n) is 31.6. The monoisotopic (exact) mass is 742 g/mol. The predicted molar refractivity (Wildman–Crippen MR) is 182 cm³/mol. The number of furan rings is 1. The number of cyclic esters (lactones) is 1. The number of carbonyl (C=O) groups is 5. The van der Waals surface area contributed by atoms with Gasteiger partial charge in [0.2, 0.25) is 6.10 Å². The number of allylic oxidation sites excluding steroid dienone is 1. The van der Waals surface area contributed by atoms with Crippen LogP contribution < -0.4 is 0 Å². The summed E-state index contributed by atoms with van der Waals surface area (Å²) in [5.41, 5.74) is -7.50. The van der Waals surface area contributed by atoms with Crippen molar-refractivity contribution >= 4 is 29.8 Å². The smallest absolute Gasteiger partial charge is 0.352 e. The van der Waals surface area contributed by atoms with Crippen LogP contribution in [-0.2, 0) is 47.7 Å². The normalized spacial score (nSPS) is 40.5. The molecule has 14 nitrogen and oxygen atoms in total. The average Bonchev–Trinajstić information content (AvgIpc) is 3.74. The minimum Gasteiger partial charge on any atom is -0.472 e. The fourth-order valence-electron chi connectivity index (χ4n) is 10.9. The number of aliphatic hydroxyl groups excluding tert-OH is 1. The summed E-state index contributed by atoms with van der Waals surface area (Å²) in [7, 11) is 1.24. The molecule has 0 amide bonds. The fourth-order valence-corrected chi connectivity index (χ4v) is 10.9. The van der Waals surface area contributed by atoms with E-state index in [0.717, 1.165) is 6.92 Å². The molecule has 0 aromatic carbocycles. The fraction of sp³-hybridized carbons (Fsp3) is 0.667. The Balaban J connectivity index is 1.70. The number of fused-ring (bicyclic) bond motifs is 4. The molecule has 3 N–H and O–H groups in total. The second kappa shape index (κ2) is 12.8. The quantitative estimate of drug-likeness (QED) is 0.144. The van der Waals surface area contributed by atoms with Crippen molar-refractivity contribution < 1.29 is 67.4 Å². The van der Waals surface area contributed by atoms with Crippen molar-refractivity contribution in [2.75, 3.05) is 7.11 Å². The van der Waals surface area contributed by atoms with Crippen LogP contribution in [0.4, 0.5) is 0 Å². The highest BCUT2D eigenvalue weighted by atomic mass is 16.6. The number of hydrogen-bond donors (Lipinski definition) is 3. The maximum absolute atomic E-state index is 14.2. The van der Waals surface area contributed by atoms with Crippen molar-refractivity contribution in [1.29, 1.82) is 0 Å². The first-order chi connectivity index (χ1) is 24.7. The molecule has 0 radical (unpaired) electrons. The molecule has 3 saturated carbocycles. The van der Waals surface area contributed by atoms with E-state index in [1.165, 1.54) is 32.6 Å². The zero-order chi connectivity index (χ0) is 39.2. The van der Waals surface area contributed by atoms with E-state index in [2.05, 4.69) is 0 Å². The van der Waals surface area contributed by atoms with E-state index in [-0.39, 0.29) is 42.4 Å². The van der Waals surface area contributed by atoms with Crippen LogP contribution in [0.2, 0.25) is 0 Å². The molecule has 6 rings (SSSR count). The molecule has 4 fully saturated rings. The highest BCUT2D eigenvalue weighted by Crippen LogP contribution is 2.81. The van der Waals surface area contributed by atoms with Gasteiger partial charge in [-0.1, -0.05) is 40.7 Å². The van der Waals surface area contributed by atoms with Crippen molar-refractivity contribution in [3.05, 3.63) is 47.0 Å². The van der Waals surface area contributed by atoms with E-state index in [0.29, 0.717) is 5.56 Å². The Labute approximate surface area is 307 Å². The number of methoxy groups -OCH3 is 1. The van der Waals surface area contributed by atoms with E-state index in [1.54, 1.807) is 47.6 Å². The average molecular weight is 743 g/mol. The predicted octanol–water partition coefficient (Wildman–Crippen LogP) is 3.41. The summed E-state index contributed by atoms with van der Waals surface area (Å²) >= 11 is 0. The number of esters is 5. The molecule has 0 spiro atoms. The zero-order valence-corrected chi connectivity index (χ0v) is 31.6. The van der Waals surface area contributed by atoms with Crippen molar-refractivity contribution in [2.24, 2.45) is 34.0 Å². The Kier molecular flexibility index (Phi) is 9.35. The summed E-state index contributed by atoms with van der Waals surface area (Å²) in [6.45, 7) is 12.8. The summed E-state index contributed by atoms with van der Waals surface area (Å²) in [6, 6.07) is 1.63. The third-order valence-corrected chi connectivity index (χ3v) is 13.5. The topological polar surface area (TPSA) is 205 Å². The van der Waals surface area contributed by atoms with Crippen LogP contribution in [0, 0.1) is 34.0 Å². The minimum absolute atomic E-state index is 0.145. The number of carbonyl (C=O) groups excluding carboxylic acids is 5. The third kappa shape index (κ3) is 5.11. The Bertz CT molecular complexity index is 1780. The van der Waals surface area contributed by atoms with Crippen molar-refractivity contribution in [2.45, 2.75) is 123 Å². The Morgan fingerprint density at radius 2 is 1.75 bits per heavy atom. The molecule has 2 unspecified atom stereocenters. The number of ether oxygens (including phenoxy) is 5. The van der Waals surface area contributed by atoms with Gasteiger partial charge in [-0.25, -0.2) is 14.4 Å². The summed E-state index contributed by atoms with van der Waals surface area (Å²) < 4.78 is 34.6. The highest BCUT2D eigenvalue weighted by molar-refractivity contribution is 5.88. The van der Waals surface area contributed by atoms with Crippen LogP contribution in [-0.4, -0.2) is 87.9 Å². The Morgan fingerprint density at radius 1 is 1.08 bits per heavy atom. The van der Waals surface area contributed by atoms with E-state index in [9.17, 15) is 39.3 Å². The van der Waals surface area contributed by atoms with Crippen molar-refractivity contribution in [3.8, 4) is 0 Å². The molecule has 4 aliphatic carbocycles. The molecule has 290 valence electrons. The highest BCUT2D eigenvalue weighted by Gasteiger charge is 2.90. The van der Waals surface area contributed by atoms with Gasteiger partial charge in [-0.05, 0) is 68.1 Å². The van der Waals surface area contributed by atoms with Gasteiger partial charge in [-0.2, -0.15) is 0 Å². The van der Waals surface area contributed by atoms with Gasteiger partial charge in [0, 0.05) is 40.7 Å². The maximum atomic E-state index is 14.2. The molecule has 1 aromatic heterocycles. The van der Waals surface area contributed by atoms with E-state index < -0.39 is 106 Å². The number of aliphatic hydroxyl groups is 3. The van der Waals surface area contributed by atoms with Gasteiger partial charge in [0.15, 0.2) is 17.8 Å². The Hall–Kier alpha value is -4.01. The summed E-state index contributed by atoms with van der Waals surface area (Å²) in [5.74, 6) is -6.49. The van der Waals surface area contributed by atoms with Gasteiger partial charge in [0.05, 0.1) is 19.6 Å². The molecule has 2 bridgehead atoms. The lowest BCUT2D eigenvalue weighted by molar-refractivity contribution is -0.316. The Morgan fingerprint density at radius 3 is 2.32 bits per heavy atom. The SMILES string of the molecule is C/C=C(\C)C(=O)O[C@H]1[C@]2(C)C[C@@]3(O)[C@]1(O)[C@@H](OC(C)=O)C1=C4[C@@H](OC(=O)C(O)C(C)C)C(=O)O[C@@H](c5ccoc5)[C@]4(C)CCC1[C@@]3(C)[C@H]2CC(=O)OC. The second-order valence-corrected chi connectivity index (χ2v) is 16.5. The van der Waals surface area contributed by atoms with Crippen LogP contribution >= 0.6 is 0 Å². The molecule has 1 saturated heterocycles. The minimum atomic E-state index is -2.55. The molecular weight excluding hydrogens is 692 g/mol. The van der Waals surface area contributed by atoms with Gasteiger partial charge < -0.3 is 43.4 Å². The third-order valence-electron chi connectivity index (χ3n) is 13.5. The van der Waals surface area contributed by atoms with Gasteiger partial charge >= 0.3 is 29.8 Å². The number of hydrogen-bond acceptors (Lipinski definition) is 14. The van der Waals surface area contributed by atoms with Crippen LogP contribution in [0.15, 0.2) is 45.8 Å². The van der Waals surface area contributed by atoms with E-state index >= 15 is 0 Å². The molecule has 1 aliphatic heterocycles. The maximum Gasteiger partial charge on any atom is 0.352 e. The van der Waals surface area contributed by atoms with E-state index in [1.807, 2.05) is 0 Å². The van der Waals surface area contributed by atoms with Gasteiger partial charge in [-0.15, -0.1) is 0 Å². The van der Waals surface area contributed by atoms with Crippen molar-refractivity contribution in [3.63, 3.8) is 0 Å². The van der Waals surface area contributed by atoms with Gasteiger partial charge in [0.1, 0.15) is 17.8 Å². The van der Waals surface area contributed by atoms with Gasteiger partial charge in [-0.3, -0.25) is 9.59 Å². The summed E-state index contributed by atoms with van der Waals surface area (Å²) in [4.78, 5) is 67.6. The van der Waals surface area contributed by atoms with Crippen LogP contribution in [0.25, 0.3) is 0 Å². The summed E-state index contributed by atoms with van der Waals surface area (Å²) in [5, 5.41) is 37.3. The second-order valence-electron chi connectivity index (χ2n) is 16.5. The first-order valence-electron chi connectivity index (χ1n) is 18.1. The van der Waals surface area contributed by atoms with E-state index in [4.69, 9.17) is 28.1 Å². The molecular formula is C39H50O14. The standard InChI is InChI=1S/C39H50O14/c1-10-19(4)31(43)53-34-36(7)17-38(46)37(8,23(36)15-24(41)48-9)22-11-13-35(6)26(25(22)30(39(34,38)47)50-20(5)40)28(51-32(44)27(42)18(2)3)33(45)52-29(35)21-12-14-49-16-21/h10,12,14,16,18,22-23,27-30,34,42,46-47H,11,13,15,17H2,1-9H3/b19-10+/t22?,23-,27?,28+,29-,30-,34-,35+,36+,37-,38-,39-/m0/s1. The first-order valence-corrected chi connectivity index (χ1v) is 18.1. The first kappa shape index (κ1) is 38.7. The molecule has 14 heteroatoms. The molecule has 12 atom stereocenters. The largest absolute Gasteiger partial charge is 0.472 e. The molecule has 5 aliphatic rings. The number of rotatable bonds is 9. The lowest BCUT2D eigenvalue weighted by atomic mass is 9.40. The molecule has 1 aromatic rings. The van der Waals surface area contributed by atoms with Crippen LogP contribution in [0.1, 0.15) is 92.7 Å². The summed E-state index contributed by atoms with van der Waals surface area (Å²) in [6.07, 6.45) is -3.15.